The van der Waals surface area contributed by atoms with E-state index in [-0.39, 0.29) is 0 Å². The molecular formula is C16H35N3. The Morgan fingerprint density at radius 2 is 1.74 bits per heavy atom. The van der Waals surface area contributed by atoms with Crippen LogP contribution in [0.1, 0.15) is 47.0 Å². The molecule has 1 N–H and O–H groups in total. The Balaban J connectivity index is 2.08. The lowest BCUT2D eigenvalue weighted by Gasteiger charge is -2.26. The lowest BCUT2D eigenvalue weighted by molar-refractivity contribution is 0.238. The lowest BCUT2D eigenvalue weighted by atomic mass is 9.82. The van der Waals surface area contributed by atoms with Crippen molar-refractivity contribution in [1.82, 2.24) is 15.1 Å². The number of rotatable bonds is 10. The highest BCUT2D eigenvalue weighted by atomic mass is 15.2. The molecule has 0 bridgehead atoms. The zero-order valence-electron chi connectivity index (χ0n) is 13.7. The summed E-state index contributed by atoms with van der Waals surface area (Å²) in [6.07, 6.45) is 4.09. The molecule has 114 valence electrons. The maximum atomic E-state index is 3.59. The smallest absolute Gasteiger partial charge is 0.0107 e. The molecule has 0 saturated carbocycles. The van der Waals surface area contributed by atoms with Crippen LogP contribution in [0.4, 0.5) is 0 Å². The molecule has 0 aromatic heterocycles. The van der Waals surface area contributed by atoms with Gasteiger partial charge in [0.15, 0.2) is 0 Å². The van der Waals surface area contributed by atoms with E-state index in [2.05, 4.69) is 42.8 Å². The van der Waals surface area contributed by atoms with Crippen molar-refractivity contribution in [2.45, 2.75) is 47.0 Å². The highest BCUT2D eigenvalue weighted by molar-refractivity contribution is 4.87. The molecule has 1 heterocycles. The van der Waals surface area contributed by atoms with Crippen LogP contribution in [-0.2, 0) is 0 Å². The molecule has 1 fully saturated rings. The van der Waals surface area contributed by atoms with Gasteiger partial charge in [-0.1, -0.05) is 27.7 Å². The summed E-state index contributed by atoms with van der Waals surface area (Å²) in [5, 5.41) is 3.59. The monoisotopic (exact) mass is 269 g/mol. The predicted molar refractivity (Wildman–Crippen MR) is 84.7 cm³/mol. The second-order valence-electron chi connectivity index (χ2n) is 6.01. The van der Waals surface area contributed by atoms with E-state index in [0.29, 0.717) is 5.41 Å². The molecular weight excluding hydrogens is 234 g/mol. The molecule has 0 aliphatic carbocycles. The quantitative estimate of drug-likeness (QED) is 0.615. The van der Waals surface area contributed by atoms with Gasteiger partial charge < -0.3 is 15.1 Å². The van der Waals surface area contributed by atoms with Crippen molar-refractivity contribution >= 4 is 0 Å². The van der Waals surface area contributed by atoms with Gasteiger partial charge in [0.05, 0.1) is 0 Å². The molecule has 1 aliphatic rings. The van der Waals surface area contributed by atoms with Gasteiger partial charge in [0.2, 0.25) is 0 Å². The number of hydrogen-bond acceptors (Lipinski definition) is 3. The first-order chi connectivity index (χ1) is 9.19. The largest absolute Gasteiger partial charge is 0.314 e. The molecule has 0 aromatic rings. The fraction of sp³-hybridized carbons (Fsp3) is 1.00. The fourth-order valence-corrected chi connectivity index (χ4v) is 3.18. The minimum Gasteiger partial charge on any atom is -0.314 e. The molecule has 0 unspecified atom stereocenters. The summed E-state index contributed by atoms with van der Waals surface area (Å²) in [4.78, 5) is 5.12. The second-order valence-corrected chi connectivity index (χ2v) is 6.01. The summed E-state index contributed by atoms with van der Waals surface area (Å²) >= 11 is 0. The normalized spacial score (nSPS) is 19.4. The number of nitrogens with zero attached hydrogens (tertiary/aromatic N) is 2. The van der Waals surface area contributed by atoms with E-state index in [1.165, 1.54) is 58.5 Å². The Hall–Kier alpha value is -0.120. The van der Waals surface area contributed by atoms with Crippen LogP contribution in [0.5, 0.6) is 0 Å². The van der Waals surface area contributed by atoms with Gasteiger partial charge >= 0.3 is 0 Å². The molecule has 0 aromatic carbocycles. The summed E-state index contributed by atoms with van der Waals surface area (Å²) in [5.41, 5.74) is 0.626. The van der Waals surface area contributed by atoms with E-state index in [1.54, 1.807) is 0 Å². The fourth-order valence-electron chi connectivity index (χ4n) is 3.18. The number of likely N-dealkylation sites (N-methyl/N-ethyl adjacent to an activating group) is 1. The standard InChI is InChI=1S/C16H35N3/c1-5-16(6-2)9-12-19(15-16)14-11-17-10-13-18(7-3)8-4/h17H,5-15H2,1-4H3. The van der Waals surface area contributed by atoms with Crippen molar-refractivity contribution < 1.29 is 0 Å². The van der Waals surface area contributed by atoms with Crippen molar-refractivity contribution in [2.75, 3.05) is 52.4 Å². The van der Waals surface area contributed by atoms with Gasteiger partial charge in [-0.15, -0.1) is 0 Å². The van der Waals surface area contributed by atoms with Crippen LogP contribution in [0.3, 0.4) is 0 Å². The minimum absolute atomic E-state index is 0.626. The van der Waals surface area contributed by atoms with E-state index in [9.17, 15) is 0 Å². The molecule has 0 amide bonds. The van der Waals surface area contributed by atoms with E-state index in [0.717, 1.165) is 13.1 Å². The molecule has 1 aliphatic heterocycles. The van der Waals surface area contributed by atoms with E-state index >= 15 is 0 Å². The molecule has 1 saturated heterocycles. The predicted octanol–water partition coefficient (Wildman–Crippen LogP) is 2.43. The number of likely N-dealkylation sites (tertiary alicyclic amines) is 1. The Kier molecular flexibility index (Phi) is 7.96. The summed E-state index contributed by atoms with van der Waals surface area (Å²) < 4.78 is 0. The first kappa shape index (κ1) is 16.9. The van der Waals surface area contributed by atoms with E-state index in [1.807, 2.05) is 0 Å². The number of nitrogens with one attached hydrogen (secondary N) is 1. The highest BCUT2D eigenvalue weighted by Crippen LogP contribution is 2.36. The van der Waals surface area contributed by atoms with Crippen molar-refractivity contribution in [1.29, 1.82) is 0 Å². The molecule has 19 heavy (non-hydrogen) atoms. The molecule has 1 rings (SSSR count). The van der Waals surface area contributed by atoms with Gasteiger partial charge in [-0.2, -0.15) is 0 Å². The van der Waals surface area contributed by atoms with Crippen LogP contribution < -0.4 is 5.32 Å². The topological polar surface area (TPSA) is 18.5 Å². The first-order valence-electron chi connectivity index (χ1n) is 8.35. The lowest BCUT2D eigenvalue weighted by Crippen LogP contribution is -2.36. The maximum absolute atomic E-state index is 3.59. The highest BCUT2D eigenvalue weighted by Gasteiger charge is 2.34. The van der Waals surface area contributed by atoms with Crippen molar-refractivity contribution in [3.63, 3.8) is 0 Å². The van der Waals surface area contributed by atoms with Crippen LogP contribution in [0, 0.1) is 5.41 Å². The van der Waals surface area contributed by atoms with Crippen LogP contribution in [0.2, 0.25) is 0 Å². The Morgan fingerprint density at radius 1 is 1.05 bits per heavy atom. The molecule has 3 heteroatoms. The van der Waals surface area contributed by atoms with Gasteiger partial charge in [0, 0.05) is 32.7 Å². The summed E-state index contributed by atoms with van der Waals surface area (Å²) in [7, 11) is 0. The molecule has 0 atom stereocenters. The van der Waals surface area contributed by atoms with E-state index < -0.39 is 0 Å². The van der Waals surface area contributed by atoms with Gasteiger partial charge in [-0.25, -0.2) is 0 Å². The summed E-state index contributed by atoms with van der Waals surface area (Å²) in [6, 6.07) is 0. The van der Waals surface area contributed by atoms with Crippen LogP contribution >= 0.6 is 0 Å². The molecule has 0 radical (unpaired) electrons. The van der Waals surface area contributed by atoms with Crippen molar-refractivity contribution in [2.24, 2.45) is 5.41 Å². The second kappa shape index (κ2) is 8.93. The third kappa shape index (κ3) is 5.41. The van der Waals surface area contributed by atoms with Crippen molar-refractivity contribution in [3.8, 4) is 0 Å². The van der Waals surface area contributed by atoms with Crippen LogP contribution in [-0.4, -0.2) is 62.2 Å². The summed E-state index contributed by atoms with van der Waals surface area (Å²) in [6.45, 7) is 18.8. The van der Waals surface area contributed by atoms with E-state index in [4.69, 9.17) is 0 Å². The summed E-state index contributed by atoms with van der Waals surface area (Å²) in [5.74, 6) is 0. The van der Waals surface area contributed by atoms with Gasteiger partial charge in [0.1, 0.15) is 0 Å². The number of hydrogen-bond donors (Lipinski definition) is 1. The first-order valence-corrected chi connectivity index (χ1v) is 8.35. The Labute approximate surface area is 120 Å². The zero-order chi connectivity index (χ0) is 14.1. The molecule has 0 spiro atoms. The average Bonchev–Trinajstić information content (AvgIpc) is 2.87. The van der Waals surface area contributed by atoms with Crippen molar-refractivity contribution in [3.05, 3.63) is 0 Å². The van der Waals surface area contributed by atoms with Gasteiger partial charge in [-0.05, 0) is 44.3 Å². The van der Waals surface area contributed by atoms with Gasteiger partial charge in [0.25, 0.3) is 0 Å². The van der Waals surface area contributed by atoms with Crippen LogP contribution in [0.25, 0.3) is 0 Å². The third-order valence-corrected chi connectivity index (χ3v) is 5.12. The Morgan fingerprint density at radius 3 is 2.26 bits per heavy atom. The SMILES string of the molecule is CCN(CC)CCNCCN1CCC(CC)(CC)C1. The Bertz CT molecular complexity index is 222. The van der Waals surface area contributed by atoms with Crippen LogP contribution in [0.15, 0.2) is 0 Å². The maximum Gasteiger partial charge on any atom is 0.0107 e. The zero-order valence-corrected chi connectivity index (χ0v) is 13.7. The molecule has 3 nitrogen and oxygen atoms in total. The third-order valence-electron chi connectivity index (χ3n) is 5.12. The minimum atomic E-state index is 0.626. The average molecular weight is 269 g/mol. The van der Waals surface area contributed by atoms with Gasteiger partial charge in [-0.3, -0.25) is 0 Å².